The molecule has 0 bridgehead atoms. The number of carbonyl (C=O) groups is 1. The highest BCUT2D eigenvalue weighted by atomic mass is 16.6. The summed E-state index contributed by atoms with van der Waals surface area (Å²) in [6.45, 7) is 4.14. The molecular formula is C22H28O5. The second kappa shape index (κ2) is 9.07. The number of aryl methyl sites for hydroxylation is 2. The summed E-state index contributed by atoms with van der Waals surface area (Å²) in [5, 5.41) is 1.01. The van der Waals surface area contributed by atoms with E-state index in [4.69, 9.17) is 13.9 Å². The highest BCUT2D eigenvalue weighted by Gasteiger charge is 2.21. The Morgan fingerprint density at radius 3 is 2.70 bits per heavy atom. The topological polar surface area (TPSA) is 65.7 Å². The maximum atomic E-state index is 12.2. The normalized spacial score (nSPS) is 13.0. The average Bonchev–Trinajstić information content (AvgIpc) is 3.15. The average molecular weight is 372 g/mol. The summed E-state index contributed by atoms with van der Waals surface area (Å²) in [4.78, 5) is 23.9. The molecule has 0 fully saturated rings. The van der Waals surface area contributed by atoms with Crippen molar-refractivity contribution in [2.45, 2.75) is 65.2 Å². The third-order valence-electron chi connectivity index (χ3n) is 5.11. The molecule has 0 unspecified atom stereocenters. The summed E-state index contributed by atoms with van der Waals surface area (Å²) in [7, 11) is 0. The maximum absolute atomic E-state index is 12.2. The van der Waals surface area contributed by atoms with Crippen molar-refractivity contribution in [1.82, 2.24) is 0 Å². The van der Waals surface area contributed by atoms with Gasteiger partial charge in [-0.15, -0.1) is 0 Å². The SMILES string of the molecule is CCCCCCc1cc2c3c(c(=O)oc2cc1OCC(=O)OCC)CCC3. The largest absolute Gasteiger partial charge is 0.481 e. The number of unbranched alkanes of at least 4 members (excludes halogenated alkanes) is 3. The number of ether oxygens (including phenoxy) is 2. The Hall–Kier alpha value is -2.30. The minimum absolute atomic E-state index is 0.142. The zero-order valence-electron chi connectivity index (χ0n) is 16.3. The molecule has 1 heterocycles. The molecule has 3 rings (SSSR count). The maximum Gasteiger partial charge on any atom is 0.344 e. The summed E-state index contributed by atoms with van der Waals surface area (Å²) in [5.41, 5.74) is 3.29. The molecule has 0 saturated heterocycles. The highest BCUT2D eigenvalue weighted by molar-refractivity contribution is 5.84. The summed E-state index contributed by atoms with van der Waals surface area (Å²) < 4.78 is 16.2. The van der Waals surface area contributed by atoms with Gasteiger partial charge in [0, 0.05) is 17.0 Å². The van der Waals surface area contributed by atoms with Gasteiger partial charge in [-0.3, -0.25) is 0 Å². The van der Waals surface area contributed by atoms with E-state index in [0.717, 1.165) is 60.6 Å². The fourth-order valence-corrected chi connectivity index (χ4v) is 3.77. The Kier molecular flexibility index (Phi) is 6.54. The molecule has 146 valence electrons. The van der Waals surface area contributed by atoms with E-state index in [9.17, 15) is 9.59 Å². The zero-order chi connectivity index (χ0) is 19.2. The van der Waals surface area contributed by atoms with Crippen LogP contribution in [0.15, 0.2) is 21.3 Å². The molecule has 0 amide bonds. The van der Waals surface area contributed by atoms with E-state index < -0.39 is 5.97 Å². The number of hydrogen-bond acceptors (Lipinski definition) is 5. The first-order valence-electron chi connectivity index (χ1n) is 10.0. The van der Waals surface area contributed by atoms with Crippen molar-refractivity contribution in [3.63, 3.8) is 0 Å². The predicted molar refractivity (Wildman–Crippen MR) is 104 cm³/mol. The van der Waals surface area contributed by atoms with Crippen molar-refractivity contribution in [2.24, 2.45) is 0 Å². The van der Waals surface area contributed by atoms with E-state index in [1.54, 1.807) is 13.0 Å². The van der Waals surface area contributed by atoms with Gasteiger partial charge >= 0.3 is 11.6 Å². The van der Waals surface area contributed by atoms with Crippen molar-refractivity contribution >= 4 is 16.9 Å². The third-order valence-corrected chi connectivity index (χ3v) is 5.11. The Balaban J connectivity index is 1.93. The van der Waals surface area contributed by atoms with Crippen LogP contribution in [0.5, 0.6) is 5.75 Å². The van der Waals surface area contributed by atoms with Gasteiger partial charge in [0.05, 0.1) is 6.61 Å². The fraction of sp³-hybridized carbons (Fsp3) is 0.545. The molecule has 1 aromatic heterocycles. The summed E-state index contributed by atoms with van der Waals surface area (Å²) >= 11 is 0. The lowest BCUT2D eigenvalue weighted by Gasteiger charge is -2.14. The second-order valence-electron chi connectivity index (χ2n) is 7.06. The van der Waals surface area contributed by atoms with Gasteiger partial charge in [0.25, 0.3) is 0 Å². The molecule has 2 aromatic rings. The molecule has 1 aromatic carbocycles. The molecule has 5 heteroatoms. The minimum atomic E-state index is -0.398. The standard InChI is InChI=1S/C22H28O5/c1-3-5-6-7-9-15-12-18-16-10-8-11-17(16)22(24)27-20(18)13-19(15)26-14-21(23)25-4-2/h12-13H,3-11,14H2,1-2H3. The van der Waals surface area contributed by atoms with E-state index in [-0.39, 0.29) is 12.2 Å². The Morgan fingerprint density at radius 2 is 1.93 bits per heavy atom. The van der Waals surface area contributed by atoms with Crippen molar-refractivity contribution in [3.8, 4) is 5.75 Å². The van der Waals surface area contributed by atoms with Gasteiger partial charge in [-0.1, -0.05) is 26.2 Å². The number of hydrogen-bond donors (Lipinski definition) is 0. The molecule has 0 spiro atoms. The van der Waals surface area contributed by atoms with Gasteiger partial charge in [0.1, 0.15) is 11.3 Å². The highest BCUT2D eigenvalue weighted by Crippen LogP contribution is 2.33. The third kappa shape index (κ3) is 4.52. The van der Waals surface area contributed by atoms with E-state index >= 15 is 0 Å². The van der Waals surface area contributed by atoms with Gasteiger partial charge in [0.15, 0.2) is 6.61 Å². The summed E-state index contributed by atoms with van der Waals surface area (Å²) in [6, 6.07) is 3.86. The van der Waals surface area contributed by atoms with Crippen molar-refractivity contribution in [2.75, 3.05) is 13.2 Å². The van der Waals surface area contributed by atoms with Crippen LogP contribution in [0.4, 0.5) is 0 Å². The van der Waals surface area contributed by atoms with Crippen molar-refractivity contribution in [3.05, 3.63) is 39.2 Å². The van der Waals surface area contributed by atoms with Crippen LogP contribution in [0.25, 0.3) is 11.0 Å². The van der Waals surface area contributed by atoms with Crippen LogP contribution in [0, 0.1) is 0 Å². The Morgan fingerprint density at radius 1 is 1.11 bits per heavy atom. The van der Waals surface area contributed by atoms with Crippen LogP contribution < -0.4 is 10.4 Å². The Labute approximate surface area is 159 Å². The van der Waals surface area contributed by atoms with Crippen LogP contribution in [-0.4, -0.2) is 19.2 Å². The molecule has 0 aliphatic heterocycles. The lowest BCUT2D eigenvalue weighted by atomic mass is 10.00. The number of carbonyl (C=O) groups excluding carboxylic acids is 1. The first-order valence-corrected chi connectivity index (χ1v) is 10.0. The van der Waals surface area contributed by atoms with Gasteiger partial charge < -0.3 is 13.9 Å². The fourth-order valence-electron chi connectivity index (χ4n) is 3.77. The van der Waals surface area contributed by atoms with Crippen molar-refractivity contribution in [1.29, 1.82) is 0 Å². The summed E-state index contributed by atoms with van der Waals surface area (Å²) in [5.74, 6) is 0.207. The quantitative estimate of drug-likeness (QED) is 0.372. The van der Waals surface area contributed by atoms with Crippen LogP contribution >= 0.6 is 0 Å². The lowest BCUT2D eigenvalue weighted by molar-refractivity contribution is -0.145. The number of benzene rings is 1. The molecule has 5 nitrogen and oxygen atoms in total. The lowest BCUT2D eigenvalue weighted by Crippen LogP contribution is -2.15. The molecule has 0 atom stereocenters. The zero-order valence-corrected chi connectivity index (χ0v) is 16.3. The van der Waals surface area contributed by atoms with Gasteiger partial charge in [-0.25, -0.2) is 9.59 Å². The van der Waals surface area contributed by atoms with Crippen LogP contribution in [0.1, 0.15) is 62.6 Å². The number of rotatable bonds is 9. The smallest absolute Gasteiger partial charge is 0.344 e. The van der Waals surface area contributed by atoms with Gasteiger partial charge in [-0.05, 0) is 56.2 Å². The molecule has 1 aliphatic carbocycles. The minimum Gasteiger partial charge on any atom is -0.481 e. The molecule has 1 aliphatic rings. The summed E-state index contributed by atoms with van der Waals surface area (Å²) in [6.07, 6.45) is 8.19. The van der Waals surface area contributed by atoms with Crippen LogP contribution in [0.2, 0.25) is 0 Å². The molecule has 27 heavy (non-hydrogen) atoms. The van der Waals surface area contributed by atoms with Gasteiger partial charge in [0.2, 0.25) is 0 Å². The first-order chi connectivity index (χ1) is 13.1. The van der Waals surface area contributed by atoms with Crippen molar-refractivity contribution < 1.29 is 18.7 Å². The monoisotopic (exact) mass is 372 g/mol. The molecular weight excluding hydrogens is 344 g/mol. The second-order valence-corrected chi connectivity index (χ2v) is 7.06. The number of esters is 1. The van der Waals surface area contributed by atoms with E-state index in [1.165, 1.54) is 12.8 Å². The van der Waals surface area contributed by atoms with E-state index in [2.05, 4.69) is 13.0 Å². The van der Waals surface area contributed by atoms with Crippen LogP contribution in [-0.2, 0) is 28.8 Å². The van der Waals surface area contributed by atoms with E-state index in [0.29, 0.717) is 17.9 Å². The molecule has 0 radical (unpaired) electrons. The Bertz CT molecular complexity index is 865. The predicted octanol–water partition coefficient (Wildman–Crippen LogP) is 4.35. The van der Waals surface area contributed by atoms with E-state index in [1.807, 2.05) is 0 Å². The van der Waals surface area contributed by atoms with Gasteiger partial charge in [-0.2, -0.15) is 0 Å². The first kappa shape index (κ1) is 19.5. The molecule has 0 N–H and O–H groups in total. The molecule has 0 saturated carbocycles. The van der Waals surface area contributed by atoms with Crippen LogP contribution in [0.3, 0.4) is 0 Å². The number of fused-ring (bicyclic) bond motifs is 3.